The molecule has 1 unspecified atom stereocenters. The summed E-state index contributed by atoms with van der Waals surface area (Å²) >= 11 is 0. The Morgan fingerprint density at radius 1 is 1.14 bits per heavy atom. The van der Waals surface area contributed by atoms with Crippen molar-refractivity contribution in [3.05, 3.63) is 0 Å². The number of hydrogen-bond acceptors (Lipinski definition) is 4. The molecule has 2 N–H and O–H groups in total. The van der Waals surface area contributed by atoms with Crippen LogP contribution < -0.4 is 5.73 Å². The molecule has 1 heterocycles. The lowest BCUT2D eigenvalue weighted by molar-refractivity contribution is 0.116. The van der Waals surface area contributed by atoms with Crippen LogP contribution in [0.15, 0.2) is 0 Å². The zero-order valence-corrected chi connectivity index (χ0v) is 14.2. The van der Waals surface area contributed by atoms with Gasteiger partial charge in [0.05, 0.1) is 6.26 Å². The van der Waals surface area contributed by atoms with Gasteiger partial charge in [0.25, 0.3) is 0 Å². The molecule has 1 saturated heterocycles. The van der Waals surface area contributed by atoms with Crippen molar-refractivity contribution >= 4 is 10.0 Å². The standard InChI is InChI=1S/C15H31N3O2S/c1-21(19,20)18-10-5-6-14(13-18)12-17(11-9-16)15-7-3-2-4-8-15/h14-15H,2-13,16H2,1H3. The minimum atomic E-state index is -3.04. The maximum Gasteiger partial charge on any atom is 0.211 e. The highest BCUT2D eigenvalue weighted by molar-refractivity contribution is 7.88. The van der Waals surface area contributed by atoms with Gasteiger partial charge < -0.3 is 5.73 Å². The molecule has 0 radical (unpaired) electrons. The fraction of sp³-hybridized carbons (Fsp3) is 1.00. The van der Waals surface area contributed by atoms with E-state index >= 15 is 0 Å². The summed E-state index contributed by atoms with van der Waals surface area (Å²) in [7, 11) is -3.04. The monoisotopic (exact) mass is 317 g/mol. The highest BCUT2D eigenvalue weighted by Gasteiger charge is 2.29. The molecular formula is C15H31N3O2S. The van der Waals surface area contributed by atoms with Gasteiger partial charge in [-0.3, -0.25) is 4.90 Å². The molecular weight excluding hydrogens is 286 g/mol. The summed E-state index contributed by atoms with van der Waals surface area (Å²) in [5.41, 5.74) is 5.79. The van der Waals surface area contributed by atoms with Gasteiger partial charge >= 0.3 is 0 Å². The first-order valence-corrected chi connectivity index (χ1v) is 10.2. The lowest BCUT2D eigenvalue weighted by atomic mass is 9.92. The molecule has 0 amide bonds. The SMILES string of the molecule is CS(=O)(=O)N1CCCC(CN(CCN)C2CCCCC2)C1. The van der Waals surface area contributed by atoms with Crippen LogP contribution in [0.3, 0.4) is 0 Å². The summed E-state index contributed by atoms with van der Waals surface area (Å²) in [6.07, 6.45) is 10.0. The van der Waals surface area contributed by atoms with Gasteiger partial charge in [0, 0.05) is 38.8 Å². The summed E-state index contributed by atoms with van der Waals surface area (Å²) in [6, 6.07) is 0.663. The van der Waals surface area contributed by atoms with E-state index in [1.165, 1.54) is 38.4 Å². The van der Waals surface area contributed by atoms with Crippen LogP contribution in [0, 0.1) is 5.92 Å². The molecule has 1 saturated carbocycles. The largest absolute Gasteiger partial charge is 0.329 e. The Bertz CT molecular complexity index is 407. The predicted octanol–water partition coefficient (Wildman–Crippen LogP) is 1.25. The molecule has 0 aromatic rings. The third kappa shape index (κ3) is 5.20. The summed E-state index contributed by atoms with van der Waals surface area (Å²) in [4.78, 5) is 2.54. The molecule has 6 heteroatoms. The second-order valence-electron chi connectivity index (χ2n) is 6.70. The van der Waals surface area contributed by atoms with Crippen LogP contribution in [-0.4, -0.2) is 62.6 Å². The average Bonchev–Trinajstić information content (AvgIpc) is 2.47. The normalized spacial score (nSPS) is 26.3. The number of rotatable bonds is 6. The fourth-order valence-corrected chi connectivity index (χ4v) is 4.79. The molecule has 124 valence electrons. The van der Waals surface area contributed by atoms with Gasteiger partial charge in [0.2, 0.25) is 10.0 Å². The average molecular weight is 317 g/mol. The molecule has 0 aromatic carbocycles. The molecule has 21 heavy (non-hydrogen) atoms. The Kier molecular flexibility index (Phi) is 6.47. The minimum Gasteiger partial charge on any atom is -0.329 e. The van der Waals surface area contributed by atoms with E-state index in [1.807, 2.05) is 0 Å². The van der Waals surface area contributed by atoms with E-state index in [9.17, 15) is 8.42 Å². The molecule has 1 aliphatic heterocycles. The van der Waals surface area contributed by atoms with Crippen molar-refractivity contribution in [2.45, 2.75) is 51.0 Å². The first-order valence-electron chi connectivity index (χ1n) is 8.40. The van der Waals surface area contributed by atoms with Crippen LogP contribution in [0.25, 0.3) is 0 Å². The van der Waals surface area contributed by atoms with E-state index in [2.05, 4.69) is 4.90 Å². The first kappa shape index (κ1) is 17.2. The summed E-state index contributed by atoms with van der Waals surface area (Å²) in [5, 5.41) is 0. The molecule has 2 fully saturated rings. The van der Waals surface area contributed by atoms with Crippen molar-refractivity contribution < 1.29 is 8.42 Å². The number of piperidine rings is 1. The molecule has 0 bridgehead atoms. The molecule has 2 aliphatic rings. The highest BCUT2D eigenvalue weighted by atomic mass is 32.2. The van der Waals surface area contributed by atoms with Crippen LogP contribution in [0.1, 0.15) is 44.9 Å². The van der Waals surface area contributed by atoms with Crippen molar-refractivity contribution in [3.63, 3.8) is 0 Å². The summed E-state index contributed by atoms with van der Waals surface area (Å²) < 4.78 is 25.1. The number of nitrogens with two attached hydrogens (primary N) is 1. The minimum absolute atomic E-state index is 0.460. The van der Waals surface area contributed by atoms with Crippen LogP contribution in [0.2, 0.25) is 0 Å². The summed E-state index contributed by atoms with van der Waals surface area (Å²) in [5.74, 6) is 0.460. The quantitative estimate of drug-likeness (QED) is 0.801. The van der Waals surface area contributed by atoms with Gasteiger partial charge in [-0.25, -0.2) is 12.7 Å². The Morgan fingerprint density at radius 3 is 2.48 bits per heavy atom. The zero-order chi connectivity index (χ0) is 15.3. The van der Waals surface area contributed by atoms with E-state index in [0.29, 0.717) is 31.6 Å². The number of sulfonamides is 1. The Morgan fingerprint density at radius 2 is 1.86 bits per heavy atom. The molecule has 0 spiro atoms. The maximum absolute atomic E-state index is 11.7. The third-order valence-corrected chi connectivity index (χ3v) is 6.22. The molecule has 1 aliphatic carbocycles. The molecule has 0 aromatic heterocycles. The van der Waals surface area contributed by atoms with Gasteiger partial charge in [-0.15, -0.1) is 0 Å². The van der Waals surface area contributed by atoms with Gasteiger partial charge in [0.1, 0.15) is 0 Å². The molecule has 5 nitrogen and oxygen atoms in total. The van der Waals surface area contributed by atoms with Crippen LogP contribution in [-0.2, 0) is 10.0 Å². The number of hydrogen-bond donors (Lipinski definition) is 1. The summed E-state index contributed by atoms with van der Waals surface area (Å²) in [6.45, 7) is 4.02. The van der Waals surface area contributed by atoms with Gasteiger partial charge in [0.15, 0.2) is 0 Å². The smallest absolute Gasteiger partial charge is 0.211 e. The first-order chi connectivity index (χ1) is 10.0. The van der Waals surface area contributed by atoms with Crippen LogP contribution in [0.5, 0.6) is 0 Å². The lowest BCUT2D eigenvalue weighted by Gasteiger charge is -2.39. The van der Waals surface area contributed by atoms with Gasteiger partial charge in [-0.2, -0.15) is 0 Å². The lowest BCUT2D eigenvalue weighted by Crippen LogP contribution is -2.47. The van der Waals surface area contributed by atoms with Crippen LogP contribution >= 0.6 is 0 Å². The van der Waals surface area contributed by atoms with Crippen molar-refractivity contribution in [2.24, 2.45) is 11.7 Å². The zero-order valence-electron chi connectivity index (χ0n) is 13.3. The molecule has 2 rings (SSSR count). The predicted molar refractivity (Wildman–Crippen MR) is 86.6 cm³/mol. The van der Waals surface area contributed by atoms with Crippen molar-refractivity contribution in [1.82, 2.24) is 9.21 Å². The fourth-order valence-electron chi connectivity index (χ4n) is 3.84. The van der Waals surface area contributed by atoms with E-state index in [0.717, 1.165) is 25.9 Å². The van der Waals surface area contributed by atoms with E-state index < -0.39 is 10.0 Å². The van der Waals surface area contributed by atoms with E-state index in [-0.39, 0.29) is 0 Å². The third-order valence-electron chi connectivity index (χ3n) is 4.95. The highest BCUT2D eigenvalue weighted by Crippen LogP contribution is 2.25. The van der Waals surface area contributed by atoms with Crippen molar-refractivity contribution in [2.75, 3.05) is 39.0 Å². The number of nitrogens with zero attached hydrogens (tertiary/aromatic N) is 2. The Hall–Kier alpha value is -0.170. The van der Waals surface area contributed by atoms with E-state index in [1.54, 1.807) is 4.31 Å². The molecule has 1 atom stereocenters. The second-order valence-corrected chi connectivity index (χ2v) is 8.69. The maximum atomic E-state index is 11.7. The van der Waals surface area contributed by atoms with E-state index in [4.69, 9.17) is 5.73 Å². The topological polar surface area (TPSA) is 66.6 Å². The van der Waals surface area contributed by atoms with Crippen molar-refractivity contribution in [1.29, 1.82) is 0 Å². The second kappa shape index (κ2) is 7.90. The van der Waals surface area contributed by atoms with Gasteiger partial charge in [-0.05, 0) is 31.6 Å². The van der Waals surface area contributed by atoms with Crippen molar-refractivity contribution in [3.8, 4) is 0 Å². The Balaban J connectivity index is 1.92. The Labute approximate surface area is 129 Å². The van der Waals surface area contributed by atoms with Gasteiger partial charge in [-0.1, -0.05) is 19.3 Å². The van der Waals surface area contributed by atoms with Crippen LogP contribution in [0.4, 0.5) is 0 Å².